The number of pyridine rings is 1. The molecule has 0 aliphatic carbocycles. The van der Waals surface area contributed by atoms with Gasteiger partial charge >= 0.3 is 11.9 Å². The summed E-state index contributed by atoms with van der Waals surface area (Å²) in [7, 11) is 2.83. The van der Waals surface area contributed by atoms with E-state index in [4.69, 9.17) is 5.73 Å². The third-order valence-electron chi connectivity index (χ3n) is 2.70. The summed E-state index contributed by atoms with van der Waals surface area (Å²) < 4.78 is 5.68. The highest BCUT2D eigenvalue weighted by Crippen LogP contribution is 2.21. The standard InChI is InChI=1S/C11H13N5O4/c1-15(5-8(17)20-2)6-3-4-7-13-11(12)14-16(7)9(6)10(18)19/h3-4H,5H2,1-2H3,(H2,12,14)(H,18,19). The number of carboxylic acid groups (broad SMARTS) is 1. The number of anilines is 2. The number of likely N-dealkylation sites (N-methyl/N-ethyl adjacent to an activating group) is 1. The first-order chi connectivity index (χ1) is 9.43. The van der Waals surface area contributed by atoms with Crippen LogP contribution in [0.15, 0.2) is 12.1 Å². The monoisotopic (exact) mass is 279 g/mol. The van der Waals surface area contributed by atoms with E-state index >= 15 is 0 Å². The van der Waals surface area contributed by atoms with Gasteiger partial charge in [0.25, 0.3) is 0 Å². The third kappa shape index (κ3) is 2.32. The highest BCUT2D eigenvalue weighted by atomic mass is 16.5. The van der Waals surface area contributed by atoms with E-state index in [0.29, 0.717) is 11.3 Å². The number of esters is 1. The first-order valence-corrected chi connectivity index (χ1v) is 5.60. The lowest BCUT2D eigenvalue weighted by Gasteiger charge is -2.19. The molecular formula is C11H13N5O4. The maximum atomic E-state index is 11.4. The van der Waals surface area contributed by atoms with Crippen molar-refractivity contribution >= 4 is 29.2 Å². The number of nitrogens with two attached hydrogens (primary N) is 1. The Balaban J connectivity index is 2.55. The number of hydrogen-bond donors (Lipinski definition) is 2. The summed E-state index contributed by atoms with van der Waals surface area (Å²) in [4.78, 5) is 28.1. The second-order valence-corrected chi connectivity index (χ2v) is 4.04. The van der Waals surface area contributed by atoms with Crippen LogP contribution in [-0.4, -0.2) is 52.3 Å². The number of fused-ring (bicyclic) bond motifs is 1. The van der Waals surface area contributed by atoms with E-state index in [9.17, 15) is 14.7 Å². The summed E-state index contributed by atoms with van der Waals surface area (Å²) in [5.74, 6) is -1.71. The lowest BCUT2D eigenvalue weighted by molar-refractivity contribution is -0.138. The number of methoxy groups -OCH3 is 1. The molecule has 2 aromatic rings. The van der Waals surface area contributed by atoms with Gasteiger partial charge in [-0.1, -0.05) is 0 Å². The normalized spacial score (nSPS) is 10.5. The van der Waals surface area contributed by atoms with Gasteiger partial charge in [0, 0.05) is 7.05 Å². The average Bonchev–Trinajstić information content (AvgIpc) is 2.76. The second-order valence-electron chi connectivity index (χ2n) is 4.04. The number of ether oxygens (including phenoxy) is 1. The molecule has 0 bridgehead atoms. The van der Waals surface area contributed by atoms with Crippen molar-refractivity contribution in [2.24, 2.45) is 0 Å². The number of aromatic carboxylic acids is 1. The zero-order chi connectivity index (χ0) is 14.9. The molecule has 2 rings (SSSR count). The largest absolute Gasteiger partial charge is 0.476 e. The van der Waals surface area contributed by atoms with Crippen molar-refractivity contribution in [2.45, 2.75) is 0 Å². The predicted octanol–water partition coefficient (Wildman–Crippen LogP) is -0.381. The van der Waals surface area contributed by atoms with Crippen LogP contribution < -0.4 is 10.6 Å². The van der Waals surface area contributed by atoms with Crippen LogP contribution in [0.1, 0.15) is 10.5 Å². The van der Waals surface area contributed by atoms with E-state index in [1.807, 2.05) is 0 Å². The van der Waals surface area contributed by atoms with Gasteiger partial charge in [-0.15, -0.1) is 5.10 Å². The summed E-state index contributed by atoms with van der Waals surface area (Å²) in [5, 5.41) is 13.2. The maximum Gasteiger partial charge on any atom is 0.356 e. The molecule has 9 heteroatoms. The lowest BCUT2D eigenvalue weighted by atomic mass is 10.2. The van der Waals surface area contributed by atoms with Crippen molar-refractivity contribution in [3.05, 3.63) is 17.8 Å². The second kappa shape index (κ2) is 5.03. The summed E-state index contributed by atoms with van der Waals surface area (Å²) >= 11 is 0. The molecule has 0 atom stereocenters. The molecule has 0 amide bonds. The molecule has 106 valence electrons. The first-order valence-electron chi connectivity index (χ1n) is 5.60. The number of nitrogens with zero attached hydrogens (tertiary/aromatic N) is 4. The Morgan fingerprint density at radius 3 is 2.80 bits per heavy atom. The van der Waals surface area contributed by atoms with Crippen molar-refractivity contribution in [2.75, 3.05) is 31.3 Å². The molecular weight excluding hydrogens is 266 g/mol. The summed E-state index contributed by atoms with van der Waals surface area (Å²) in [6.07, 6.45) is 0. The highest BCUT2D eigenvalue weighted by molar-refractivity contribution is 5.94. The molecule has 2 aromatic heterocycles. The van der Waals surface area contributed by atoms with Gasteiger partial charge in [0.1, 0.15) is 6.54 Å². The van der Waals surface area contributed by atoms with E-state index in [1.54, 1.807) is 13.1 Å². The zero-order valence-corrected chi connectivity index (χ0v) is 10.9. The van der Waals surface area contributed by atoms with Crippen LogP contribution in [0.25, 0.3) is 5.65 Å². The molecule has 2 heterocycles. The van der Waals surface area contributed by atoms with Crippen LogP contribution in [-0.2, 0) is 9.53 Å². The van der Waals surface area contributed by atoms with E-state index in [2.05, 4.69) is 14.8 Å². The van der Waals surface area contributed by atoms with E-state index in [-0.39, 0.29) is 18.2 Å². The maximum absolute atomic E-state index is 11.4. The van der Waals surface area contributed by atoms with Gasteiger partial charge in [-0.25, -0.2) is 9.31 Å². The summed E-state index contributed by atoms with van der Waals surface area (Å²) in [6.45, 7) is -0.0908. The Labute approximate surface area is 113 Å². The van der Waals surface area contributed by atoms with Gasteiger partial charge in [0.05, 0.1) is 12.8 Å². The fraction of sp³-hybridized carbons (Fsp3) is 0.273. The molecule has 9 nitrogen and oxygen atoms in total. The van der Waals surface area contributed by atoms with Crippen molar-refractivity contribution < 1.29 is 19.4 Å². The molecule has 0 saturated carbocycles. The Morgan fingerprint density at radius 2 is 2.20 bits per heavy atom. The molecule has 0 aliphatic heterocycles. The van der Waals surface area contributed by atoms with Gasteiger partial charge in [0.15, 0.2) is 11.3 Å². The minimum absolute atomic E-state index is 0.0275. The van der Waals surface area contributed by atoms with Gasteiger partial charge in [-0.05, 0) is 12.1 Å². The van der Waals surface area contributed by atoms with Crippen LogP contribution in [0.2, 0.25) is 0 Å². The van der Waals surface area contributed by atoms with Gasteiger partial charge < -0.3 is 20.5 Å². The zero-order valence-electron chi connectivity index (χ0n) is 10.9. The van der Waals surface area contributed by atoms with Crippen molar-refractivity contribution in [1.82, 2.24) is 14.6 Å². The fourth-order valence-electron chi connectivity index (χ4n) is 1.81. The molecule has 0 aromatic carbocycles. The topological polar surface area (TPSA) is 123 Å². The van der Waals surface area contributed by atoms with Crippen molar-refractivity contribution in [3.63, 3.8) is 0 Å². The Kier molecular flexibility index (Phi) is 3.42. The van der Waals surface area contributed by atoms with E-state index < -0.39 is 11.9 Å². The summed E-state index contributed by atoms with van der Waals surface area (Å²) in [6, 6.07) is 3.11. The van der Waals surface area contributed by atoms with Gasteiger partial charge in [-0.2, -0.15) is 4.98 Å². The molecule has 20 heavy (non-hydrogen) atoms. The number of nitrogen functional groups attached to an aromatic ring is 1. The Hall–Kier alpha value is -2.84. The smallest absolute Gasteiger partial charge is 0.356 e. The molecule has 0 spiro atoms. The number of carbonyl (C=O) groups is 2. The fourth-order valence-corrected chi connectivity index (χ4v) is 1.81. The summed E-state index contributed by atoms with van der Waals surface area (Å²) in [5.41, 5.74) is 5.96. The minimum Gasteiger partial charge on any atom is -0.476 e. The van der Waals surface area contributed by atoms with Crippen molar-refractivity contribution in [3.8, 4) is 0 Å². The average molecular weight is 279 g/mol. The molecule has 0 fully saturated rings. The number of hydrogen-bond acceptors (Lipinski definition) is 7. The van der Waals surface area contributed by atoms with Crippen molar-refractivity contribution in [1.29, 1.82) is 0 Å². The Bertz CT molecular complexity index is 681. The van der Waals surface area contributed by atoms with Crippen LogP contribution >= 0.6 is 0 Å². The van der Waals surface area contributed by atoms with Crippen LogP contribution in [0.5, 0.6) is 0 Å². The number of rotatable bonds is 4. The molecule has 0 saturated heterocycles. The van der Waals surface area contributed by atoms with Crippen LogP contribution in [0, 0.1) is 0 Å². The molecule has 0 aliphatic rings. The van der Waals surface area contributed by atoms with Gasteiger partial charge in [-0.3, -0.25) is 4.79 Å². The number of carboxylic acids is 1. The third-order valence-corrected chi connectivity index (χ3v) is 2.70. The lowest BCUT2D eigenvalue weighted by Crippen LogP contribution is -2.28. The number of aromatic nitrogens is 3. The van der Waals surface area contributed by atoms with Crippen LogP contribution in [0.3, 0.4) is 0 Å². The predicted molar refractivity (Wildman–Crippen MR) is 69.6 cm³/mol. The SMILES string of the molecule is COC(=O)CN(C)c1ccc2nc(N)nn2c1C(=O)O. The highest BCUT2D eigenvalue weighted by Gasteiger charge is 2.21. The first kappa shape index (κ1) is 13.6. The van der Waals surface area contributed by atoms with E-state index in [0.717, 1.165) is 4.52 Å². The minimum atomic E-state index is -1.20. The van der Waals surface area contributed by atoms with E-state index in [1.165, 1.54) is 18.1 Å². The Morgan fingerprint density at radius 1 is 1.50 bits per heavy atom. The molecule has 0 unspecified atom stereocenters. The number of carbonyl (C=O) groups excluding carboxylic acids is 1. The molecule has 3 N–H and O–H groups in total. The van der Waals surface area contributed by atoms with Gasteiger partial charge in [0.2, 0.25) is 5.95 Å². The van der Waals surface area contributed by atoms with Crippen LogP contribution in [0.4, 0.5) is 11.6 Å². The quantitative estimate of drug-likeness (QED) is 0.726. The molecule has 0 radical (unpaired) electrons.